The number of aromatic nitrogens is 3. The average Bonchev–Trinajstić information content (AvgIpc) is 3.44. The van der Waals surface area contributed by atoms with Gasteiger partial charge in [0, 0.05) is 37.4 Å². The Balaban J connectivity index is 1.30. The molecule has 0 saturated carbocycles. The van der Waals surface area contributed by atoms with Gasteiger partial charge >= 0.3 is 6.09 Å². The van der Waals surface area contributed by atoms with E-state index in [1.54, 1.807) is 29.4 Å². The summed E-state index contributed by atoms with van der Waals surface area (Å²) in [6, 6.07) is 10.7. The van der Waals surface area contributed by atoms with Gasteiger partial charge in [0.25, 0.3) is 5.91 Å². The van der Waals surface area contributed by atoms with E-state index in [1.807, 2.05) is 45.9 Å². The molecule has 1 aliphatic rings. The Morgan fingerprint density at radius 1 is 1.11 bits per heavy atom. The maximum atomic E-state index is 15.7. The van der Waals surface area contributed by atoms with Crippen molar-refractivity contribution in [3.8, 4) is 0 Å². The number of halogens is 3. The van der Waals surface area contributed by atoms with Crippen LogP contribution in [-0.2, 0) is 10.2 Å². The van der Waals surface area contributed by atoms with Crippen molar-refractivity contribution in [3.05, 3.63) is 87.7 Å². The maximum absolute atomic E-state index is 15.7. The number of thiazole rings is 1. The molecule has 0 bridgehead atoms. The minimum Gasteiger partial charge on any atom is -0.444 e. The van der Waals surface area contributed by atoms with Crippen LogP contribution in [0.25, 0.3) is 0 Å². The molecule has 0 atom stereocenters. The van der Waals surface area contributed by atoms with E-state index in [2.05, 4.69) is 25.6 Å². The molecule has 4 aromatic rings. The van der Waals surface area contributed by atoms with Gasteiger partial charge in [-0.3, -0.25) is 4.79 Å². The van der Waals surface area contributed by atoms with E-state index < -0.39 is 28.8 Å². The lowest BCUT2D eigenvalue weighted by atomic mass is 9.72. The van der Waals surface area contributed by atoms with Crippen molar-refractivity contribution in [2.45, 2.75) is 60.7 Å². The highest BCUT2D eigenvalue weighted by atomic mass is 35.5. The summed E-state index contributed by atoms with van der Waals surface area (Å²) in [6.45, 7) is 8.29. The number of nitrogens with zero attached hydrogens (tertiary/aromatic N) is 4. The summed E-state index contributed by atoms with van der Waals surface area (Å²) < 4.78 is 22.0. The first-order valence-electron chi connectivity index (χ1n) is 14.5. The molecule has 46 heavy (non-hydrogen) atoms. The van der Waals surface area contributed by atoms with Gasteiger partial charge < -0.3 is 20.3 Å². The number of amides is 2. The molecule has 2 amide bonds. The molecule has 3 aromatic heterocycles. The molecule has 5 rings (SSSR count). The number of piperidine rings is 1. The highest BCUT2D eigenvalue weighted by molar-refractivity contribution is 8.01. The van der Waals surface area contributed by atoms with E-state index >= 15 is 4.39 Å². The third-order valence-corrected chi connectivity index (χ3v) is 10.3. The monoisotopic (exact) mass is 702 g/mol. The van der Waals surface area contributed by atoms with Gasteiger partial charge in [-0.05, 0) is 75.9 Å². The number of nitrogens with one attached hydrogen (secondary N) is 2. The molecular weight excluding hydrogens is 670 g/mol. The molecule has 0 unspecified atom stereocenters. The second-order valence-electron chi connectivity index (χ2n) is 11.9. The number of pyridine rings is 2. The van der Waals surface area contributed by atoms with Crippen molar-refractivity contribution < 1.29 is 18.7 Å². The highest BCUT2D eigenvalue weighted by Crippen LogP contribution is 2.42. The molecule has 2 N–H and O–H groups in total. The van der Waals surface area contributed by atoms with Crippen LogP contribution in [0.5, 0.6) is 0 Å². The number of aryl methyl sites for hydroxylation is 1. The van der Waals surface area contributed by atoms with Crippen molar-refractivity contribution in [1.82, 2.24) is 25.2 Å². The Kier molecular flexibility index (Phi) is 10.4. The molecule has 1 saturated heterocycles. The fourth-order valence-electron chi connectivity index (χ4n) is 5.08. The molecule has 1 fully saturated rings. The van der Waals surface area contributed by atoms with E-state index in [0.717, 1.165) is 27.1 Å². The zero-order chi connectivity index (χ0) is 33.1. The molecular formula is C32H33Cl2FN6O3S2. The lowest BCUT2D eigenvalue weighted by molar-refractivity contribution is 0.0162. The second-order valence-corrected chi connectivity index (χ2v) is 15.1. The first-order valence-corrected chi connectivity index (χ1v) is 16.9. The normalized spacial score (nSPS) is 14.5. The Bertz CT molecular complexity index is 1740. The van der Waals surface area contributed by atoms with E-state index in [4.69, 9.17) is 27.9 Å². The summed E-state index contributed by atoms with van der Waals surface area (Å²) in [5.74, 6) is -0.737. The van der Waals surface area contributed by atoms with Crippen molar-refractivity contribution in [3.63, 3.8) is 0 Å². The Hall–Kier alpha value is -3.45. The lowest BCUT2D eigenvalue weighted by Gasteiger charge is -2.43. The SMILES string of the molecule is Cc1ccnc(Nc2ncc(Sc3ccnc(C(=O)NCC4(c5cccc(Cl)c5Cl)CCN(C(=O)OC(C)(C)C)CC4)c3F)s2)c1. The zero-order valence-corrected chi connectivity index (χ0v) is 28.8. The van der Waals surface area contributed by atoms with Crippen LogP contribution in [0.1, 0.15) is 55.2 Å². The van der Waals surface area contributed by atoms with Crippen LogP contribution in [0.3, 0.4) is 0 Å². The summed E-state index contributed by atoms with van der Waals surface area (Å²) in [5, 5.41) is 7.41. The minimum atomic E-state index is -0.733. The number of anilines is 2. The Morgan fingerprint density at radius 2 is 1.85 bits per heavy atom. The summed E-state index contributed by atoms with van der Waals surface area (Å²) in [4.78, 5) is 40.8. The fourth-order valence-corrected chi connectivity index (χ4v) is 7.45. The summed E-state index contributed by atoms with van der Waals surface area (Å²) >= 11 is 15.5. The van der Waals surface area contributed by atoms with Crippen LogP contribution >= 0.6 is 46.3 Å². The number of rotatable bonds is 8. The van der Waals surface area contributed by atoms with E-state index in [9.17, 15) is 9.59 Å². The number of likely N-dealkylation sites (tertiary alicyclic amines) is 1. The lowest BCUT2D eigenvalue weighted by Crippen LogP contribution is -2.51. The third kappa shape index (κ3) is 8.09. The van der Waals surface area contributed by atoms with Gasteiger partial charge in [-0.2, -0.15) is 0 Å². The fraction of sp³-hybridized carbons (Fsp3) is 0.344. The number of benzene rings is 1. The molecule has 1 aliphatic heterocycles. The van der Waals surface area contributed by atoms with E-state index in [0.29, 0.717) is 46.9 Å². The smallest absolute Gasteiger partial charge is 0.410 e. The van der Waals surface area contributed by atoms with Crippen LogP contribution in [0, 0.1) is 12.7 Å². The molecule has 1 aromatic carbocycles. The molecule has 0 radical (unpaired) electrons. The molecule has 14 heteroatoms. The van der Waals surface area contributed by atoms with E-state index in [-0.39, 0.29) is 17.1 Å². The van der Waals surface area contributed by atoms with Gasteiger partial charge in [0.1, 0.15) is 11.4 Å². The van der Waals surface area contributed by atoms with Crippen LogP contribution in [0.2, 0.25) is 10.0 Å². The quantitative estimate of drug-likeness (QED) is 0.189. The summed E-state index contributed by atoms with van der Waals surface area (Å²) in [5.41, 5.74) is 0.185. The van der Waals surface area contributed by atoms with Crippen molar-refractivity contribution >= 4 is 69.3 Å². The molecule has 0 aliphatic carbocycles. The Labute approximate surface area is 285 Å². The predicted molar refractivity (Wildman–Crippen MR) is 180 cm³/mol. The largest absolute Gasteiger partial charge is 0.444 e. The van der Waals surface area contributed by atoms with Crippen LogP contribution in [-0.4, -0.2) is 57.1 Å². The van der Waals surface area contributed by atoms with Crippen molar-refractivity contribution in [2.75, 3.05) is 25.0 Å². The highest BCUT2D eigenvalue weighted by Gasteiger charge is 2.40. The number of hydrogen-bond donors (Lipinski definition) is 2. The van der Waals surface area contributed by atoms with Gasteiger partial charge in [-0.1, -0.05) is 58.4 Å². The average molecular weight is 704 g/mol. The van der Waals surface area contributed by atoms with Crippen molar-refractivity contribution in [2.24, 2.45) is 0 Å². The number of ether oxygens (including phenoxy) is 1. The third-order valence-electron chi connectivity index (χ3n) is 7.40. The summed E-state index contributed by atoms with van der Waals surface area (Å²) in [7, 11) is 0. The maximum Gasteiger partial charge on any atom is 0.410 e. The number of carbonyl (C=O) groups excluding carboxylic acids is 2. The number of carbonyl (C=O) groups is 2. The van der Waals surface area contributed by atoms with Crippen LogP contribution in [0.4, 0.5) is 20.1 Å². The van der Waals surface area contributed by atoms with Crippen LogP contribution < -0.4 is 10.6 Å². The number of hydrogen-bond acceptors (Lipinski definition) is 9. The van der Waals surface area contributed by atoms with E-state index in [1.165, 1.54) is 23.6 Å². The second kappa shape index (κ2) is 14.1. The van der Waals surface area contributed by atoms with Crippen molar-refractivity contribution in [1.29, 1.82) is 0 Å². The van der Waals surface area contributed by atoms with Gasteiger partial charge in [-0.25, -0.2) is 24.1 Å². The van der Waals surface area contributed by atoms with Crippen LogP contribution in [0.15, 0.2) is 64.1 Å². The van der Waals surface area contributed by atoms with Gasteiger partial charge in [0.15, 0.2) is 16.6 Å². The first kappa shape index (κ1) is 33.9. The van der Waals surface area contributed by atoms with Gasteiger partial charge in [0.2, 0.25) is 0 Å². The topological polar surface area (TPSA) is 109 Å². The van der Waals surface area contributed by atoms with Gasteiger partial charge in [0.05, 0.1) is 25.3 Å². The zero-order valence-electron chi connectivity index (χ0n) is 25.7. The standard InChI is InChI=1S/C32H33Cl2FN6O3S2/c1-19-8-12-36-23(16-19)40-29-38-17-24(46-29)45-22-9-13-37-27(26(22)35)28(42)39-18-32(20-6-5-7-21(33)25(20)34)10-14-41(15-11-32)30(43)44-31(2,3)4/h5-9,12-13,16-17H,10-11,14-15,18H2,1-4H3,(H,39,42)(H,36,38,40). The summed E-state index contributed by atoms with van der Waals surface area (Å²) in [6.07, 6.45) is 5.28. The predicted octanol–water partition coefficient (Wildman–Crippen LogP) is 8.28. The molecule has 0 spiro atoms. The first-order chi connectivity index (χ1) is 21.8. The molecule has 242 valence electrons. The molecule has 4 heterocycles. The van der Waals surface area contributed by atoms with Gasteiger partial charge in [-0.15, -0.1) is 0 Å². The minimum absolute atomic E-state index is 0.128. The molecule has 9 nitrogen and oxygen atoms in total. The Morgan fingerprint density at radius 3 is 2.57 bits per heavy atom.